The van der Waals surface area contributed by atoms with Crippen LogP contribution in [0.4, 0.5) is 0 Å². The Hall–Kier alpha value is -3.07. The van der Waals surface area contributed by atoms with Gasteiger partial charge in [0, 0.05) is 62.4 Å². The minimum Gasteiger partial charge on any atom is -0.385 e. The molecule has 1 saturated heterocycles. The first kappa shape index (κ1) is 21.2. The van der Waals surface area contributed by atoms with E-state index in [2.05, 4.69) is 15.2 Å². The Bertz CT molecular complexity index is 1020. The second-order valence-electron chi connectivity index (χ2n) is 7.93. The molecule has 1 aliphatic rings. The summed E-state index contributed by atoms with van der Waals surface area (Å²) in [5.41, 5.74) is 2.13. The minimum absolute atomic E-state index is 0.0307. The fraction of sp³-hybridized carbons (Fsp3) is 0.500. The van der Waals surface area contributed by atoms with Gasteiger partial charge in [-0.25, -0.2) is 0 Å². The highest BCUT2D eigenvalue weighted by molar-refractivity contribution is 5.95. The van der Waals surface area contributed by atoms with E-state index in [1.165, 1.54) is 0 Å². The number of methoxy groups -OCH3 is 1. The summed E-state index contributed by atoms with van der Waals surface area (Å²) < 4.78 is 12.8. The first-order valence-electron chi connectivity index (χ1n) is 10.6. The Morgan fingerprint density at radius 3 is 2.65 bits per heavy atom. The molecule has 0 aliphatic carbocycles. The fourth-order valence-electron chi connectivity index (χ4n) is 4.22. The summed E-state index contributed by atoms with van der Waals surface area (Å²) >= 11 is 0. The number of hydrogen-bond acceptors (Lipinski definition) is 7. The number of aromatic nitrogens is 5. The summed E-state index contributed by atoms with van der Waals surface area (Å²) in [5.74, 6) is 1.19. The highest BCUT2D eigenvalue weighted by atomic mass is 16.5. The van der Waals surface area contributed by atoms with E-state index in [4.69, 9.17) is 14.2 Å². The third-order valence-electron chi connectivity index (χ3n) is 6.25. The van der Waals surface area contributed by atoms with Crippen molar-refractivity contribution in [2.75, 3.05) is 26.8 Å². The lowest BCUT2D eigenvalue weighted by atomic mass is 9.75. The van der Waals surface area contributed by atoms with E-state index >= 15 is 0 Å². The third kappa shape index (κ3) is 4.10. The third-order valence-corrected chi connectivity index (χ3v) is 6.25. The molecule has 3 aromatic heterocycles. The topological polar surface area (TPSA) is 99.2 Å². The molecule has 4 heterocycles. The lowest BCUT2D eigenvalue weighted by molar-refractivity contribution is 0.0615. The molecule has 1 aliphatic heterocycles. The van der Waals surface area contributed by atoms with Gasteiger partial charge in [0.25, 0.3) is 11.8 Å². The molecule has 0 saturated carbocycles. The number of aryl methyl sites for hydroxylation is 1. The van der Waals surface area contributed by atoms with E-state index in [1.54, 1.807) is 25.7 Å². The van der Waals surface area contributed by atoms with Crippen LogP contribution in [0.1, 0.15) is 48.1 Å². The van der Waals surface area contributed by atoms with E-state index in [1.807, 2.05) is 35.6 Å². The molecule has 4 rings (SSSR count). The van der Waals surface area contributed by atoms with Crippen LogP contribution in [0.2, 0.25) is 0 Å². The van der Waals surface area contributed by atoms with Gasteiger partial charge in [-0.05, 0) is 45.2 Å². The molecule has 0 radical (unpaired) electrons. The molecule has 1 amide bonds. The van der Waals surface area contributed by atoms with E-state index < -0.39 is 0 Å². The molecule has 0 unspecified atom stereocenters. The lowest BCUT2D eigenvalue weighted by Crippen LogP contribution is -2.46. The number of likely N-dealkylation sites (tertiary alicyclic amines) is 1. The quantitative estimate of drug-likeness (QED) is 0.575. The van der Waals surface area contributed by atoms with Crippen LogP contribution in [0, 0.1) is 6.92 Å². The monoisotopic (exact) mass is 424 g/mol. The van der Waals surface area contributed by atoms with E-state index in [9.17, 15) is 4.79 Å². The Labute approximate surface area is 181 Å². The zero-order valence-corrected chi connectivity index (χ0v) is 18.2. The van der Waals surface area contributed by atoms with Gasteiger partial charge in [-0.1, -0.05) is 5.16 Å². The summed E-state index contributed by atoms with van der Waals surface area (Å²) in [5, 5.41) is 8.63. The summed E-state index contributed by atoms with van der Waals surface area (Å²) in [6.45, 7) is 6.55. The predicted molar refractivity (Wildman–Crippen MR) is 113 cm³/mol. The average Bonchev–Trinajstić information content (AvgIpc) is 3.45. The molecular formula is C22H28N6O3. The average molecular weight is 425 g/mol. The summed E-state index contributed by atoms with van der Waals surface area (Å²) in [6.07, 6.45) is 7.35. The van der Waals surface area contributed by atoms with Crippen molar-refractivity contribution < 1.29 is 14.1 Å². The number of nitrogens with zero attached hydrogens (tertiary/aromatic N) is 6. The van der Waals surface area contributed by atoms with E-state index in [0.717, 1.165) is 37.1 Å². The largest absolute Gasteiger partial charge is 0.385 e. The van der Waals surface area contributed by atoms with Gasteiger partial charge in [0.05, 0.1) is 11.8 Å². The molecule has 0 spiro atoms. The van der Waals surface area contributed by atoms with Crippen molar-refractivity contribution in [2.45, 2.75) is 45.1 Å². The molecule has 3 aromatic rings. The van der Waals surface area contributed by atoms with Crippen LogP contribution < -0.4 is 0 Å². The Kier molecular flexibility index (Phi) is 6.13. The zero-order valence-electron chi connectivity index (χ0n) is 18.2. The minimum atomic E-state index is -0.287. The maximum atomic E-state index is 13.1. The second-order valence-corrected chi connectivity index (χ2v) is 7.93. The van der Waals surface area contributed by atoms with E-state index in [-0.39, 0.29) is 11.3 Å². The number of hydrogen-bond donors (Lipinski definition) is 0. The Balaban J connectivity index is 1.53. The standard InChI is InChI=1S/C22H28N6O3/c1-4-28-16(2)18(15-24-28)20(29)27-12-7-22(8-13-27,9-14-30-3)21-25-19(31-26-21)17-5-10-23-11-6-17/h5-6,10-11,15H,4,7-9,12-14H2,1-3H3. The van der Waals surface area contributed by atoms with Crippen LogP contribution in [-0.4, -0.2) is 62.5 Å². The molecule has 164 valence electrons. The molecular weight excluding hydrogens is 396 g/mol. The lowest BCUT2D eigenvalue weighted by Gasteiger charge is -2.39. The van der Waals surface area contributed by atoms with Gasteiger partial charge in [-0.3, -0.25) is 14.5 Å². The first-order chi connectivity index (χ1) is 15.1. The summed E-state index contributed by atoms with van der Waals surface area (Å²) in [6, 6.07) is 3.69. The molecule has 9 nitrogen and oxygen atoms in total. The number of amides is 1. The SMILES string of the molecule is CCn1ncc(C(=O)N2CCC(CCOC)(c3noc(-c4ccncc4)n3)CC2)c1C. The highest BCUT2D eigenvalue weighted by Gasteiger charge is 2.41. The molecule has 0 aromatic carbocycles. The predicted octanol–water partition coefficient (Wildman–Crippen LogP) is 2.87. The Morgan fingerprint density at radius 2 is 2.00 bits per heavy atom. The van der Waals surface area contributed by atoms with Crippen LogP contribution in [-0.2, 0) is 16.7 Å². The van der Waals surface area contributed by atoms with E-state index in [0.29, 0.717) is 37.0 Å². The van der Waals surface area contributed by atoms with Crippen molar-refractivity contribution in [1.29, 1.82) is 0 Å². The second kappa shape index (κ2) is 8.97. The smallest absolute Gasteiger partial charge is 0.258 e. The van der Waals surface area contributed by atoms with Gasteiger partial charge >= 0.3 is 0 Å². The van der Waals surface area contributed by atoms with Gasteiger partial charge in [-0.2, -0.15) is 10.1 Å². The number of piperidine rings is 1. The van der Waals surface area contributed by atoms with Crippen LogP contribution in [0.15, 0.2) is 35.2 Å². The number of carbonyl (C=O) groups excluding carboxylic acids is 1. The zero-order chi connectivity index (χ0) is 21.8. The summed E-state index contributed by atoms with van der Waals surface area (Å²) in [7, 11) is 1.69. The van der Waals surface area contributed by atoms with Crippen LogP contribution in [0.3, 0.4) is 0 Å². The van der Waals surface area contributed by atoms with Crippen molar-refractivity contribution >= 4 is 5.91 Å². The van der Waals surface area contributed by atoms with Crippen LogP contribution in [0.5, 0.6) is 0 Å². The Morgan fingerprint density at radius 1 is 1.26 bits per heavy atom. The highest BCUT2D eigenvalue weighted by Crippen LogP contribution is 2.38. The van der Waals surface area contributed by atoms with Gasteiger partial charge in [0.2, 0.25) is 0 Å². The van der Waals surface area contributed by atoms with Crippen molar-refractivity contribution in [3.05, 3.63) is 47.8 Å². The molecule has 9 heteroatoms. The van der Waals surface area contributed by atoms with Crippen molar-refractivity contribution in [1.82, 2.24) is 29.8 Å². The number of ether oxygens (including phenoxy) is 1. The normalized spacial score (nSPS) is 15.9. The first-order valence-corrected chi connectivity index (χ1v) is 10.6. The fourth-order valence-corrected chi connectivity index (χ4v) is 4.22. The molecule has 1 fully saturated rings. The maximum absolute atomic E-state index is 13.1. The molecule has 0 bridgehead atoms. The van der Waals surface area contributed by atoms with Crippen LogP contribution >= 0.6 is 0 Å². The number of rotatable bonds is 7. The van der Waals surface area contributed by atoms with Crippen LogP contribution in [0.25, 0.3) is 11.5 Å². The van der Waals surface area contributed by atoms with Gasteiger partial charge in [0.15, 0.2) is 5.82 Å². The van der Waals surface area contributed by atoms with Crippen molar-refractivity contribution in [3.8, 4) is 11.5 Å². The molecule has 0 N–H and O–H groups in total. The van der Waals surface area contributed by atoms with Crippen molar-refractivity contribution in [3.63, 3.8) is 0 Å². The van der Waals surface area contributed by atoms with Crippen molar-refractivity contribution in [2.24, 2.45) is 0 Å². The molecule has 0 atom stereocenters. The summed E-state index contributed by atoms with van der Waals surface area (Å²) in [4.78, 5) is 23.7. The van der Waals surface area contributed by atoms with Gasteiger partial charge in [-0.15, -0.1) is 0 Å². The van der Waals surface area contributed by atoms with Gasteiger partial charge < -0.3 is 14.2 Å². The molecule has 31 heavy (non-hydrogen) atoms. The maximum Gasteiger partial charge on any atom is 0.258 e. The van der Waals surface area contributed by atoms with Gasteiger partial charge in [0.1, 0.15) is 0 Å². The number of carbonyl (C=O) groups is 1. The number of pyridine rings is 1.